The van der Waals surface area contributed by atoms with E-state index in [4.69, 9.17) is 0 Å². The van der Waals surface area contributed by atoms with E-state index in [1.165, 1.54) is 11.3 Å². The van der Waals surface area contributed by atoms with E-state index >= 15 is 0 Å². The molecule has 3 aromatic rings. The van der Waals surface area contributed by atoms with Crippen LogP contribution in [-0.4, -0.2) is 21.0 Å². The van der Waals surface area contributed by atoms with E-state index in [1.807, 2.05) is 19.1 Å². The Hall–Kier alpha value is -2.68. The van der Waals surface area contributed by atoms with Crippen molar-refractivity contribution in [1.82, 2.24) is 20.4 Å². The molecule has 2 aromatic heterocycles. The number of fused-ring (bicyclic) bond motifs is 1. The largest absolute Gasteiger partial charge is 0.344 e. The number of rotatable bonds is 4. The van der Waals surface area contributed by atoms with Gasteiger partial charge in [-0.25, -0.2) is 4.98 Å². The van der Waals surface area contributed by atoms with Crippen LogP contribution in [-0.2, 0) is 6.42 Å². The Balaban J connectivity index is 1.53. The van der Waals surface area contributed by atoms with Gasteiger partial charge in [-0.15, -0.1) is 11.3 Å². The predicted octanol–water partition coefficient (Wildman–Crippen LogP) is 3.86. The second-order valence-corrected chi connectivity index (χ2v) is 7.21. The highest BCUT2D eigenvalue weighted by atomic mass is 32.1. The minimum atomic E-state index is -2.79. The molecule has 0 saturated heterocycles. The second kappa shape index (κ2) is 6.56. The number of nitrogens with one attached hydrogen (secondary N) is 1. The Bertz CT molecular complexity index is 969. The topological polar surface area (TPSA) is 80.9 Å². The first-order valence-electron chi connectivity index (χ1n) is 7.99. The smallest absolute Gasteiger partial charge is 0.315 e. The van der Waals surface area contributed by atoms with Gasteiger partial charge in [0.2, 0.25) is 5.82 Å². The van der Waals surface area contributed by atoms with Crippen LogP contribution in [0, 0.1) is 6.92 Å². The molecule has 1 atom stereocenters. The standard InChI is InChI=1S/C17H14F2N4O2S/c1-8-20-7-13(26-8)16(24)21-12-5-3-9-6-10(2-4-11(9)12)15-22-17(14(18)19)25-23-15/h2,4,6-7,12,14H,3,5H2,1H3,(H,21,24)/t12-/m1/s1. The van der Waals surface area contributed by atoms with Crippen molar-refractivity contribution in [2.24, 2.45) is 0 Å². The maximum absolute atomic E-state index is 12.6. The summed E-state index contributed by atoms with van der Waals surface area (Å²) < 4.78 is 29.7. The predicted molar refractivity (Wildman–Crippen MR) is 90.1 cm³/mol. The van der Waals surface area contributed by atoms with Crippen molar-refractivity contribution in [1.29, 1.82) is 0 Å². The molecule has 26 heavy (non-hydrogen) atoms. The van der Waals surface area contributed by atoms with Crippen LogP contribution in [0.1, 0.15) is 50.6 Å². The third-order valence-corrected chi connectivity index (χ3v) is 5.17. The molecular weight excluding hydrogens is 362 g/mol. The molecule has 1 aromatic carbocycles. The zero-order chi connectivity index (χ0) is 18.3. The molecule has 0 bridgehead atoms. The molecule has 0 aliphatic heterocycles. The Morgan fingerprint density at radius 1 is 1.42 bits per heavy atom. The van der Waals surface area contributed by atoms with Crippen molar-refractivity contribution in [3.05, 3.63) is 51.3 Å². The molecule has 1 aliphatic carbocycles. The Labute approximate surface area is 151 Å². The summed E-state index contributed by atoms with van der Waals surface area (Å²) in [4.78, 5) is 20.7. The van der Waals surface area contributed by atoms with Crippen LogP contribution in [0.15, 0.2) is 28.9 Å². The van der Waals surface area contributed by atoms with Gasteiger partial charge in [0, 0.05) is 5.56 Å². The van der Waals surface area contributed by atoms with E-state index in [2.05, 4.69) is 25.0 Å². The van der Waals surface area contributed by atoms with Gasteiger partial charge in [-0.2, -0.15) is 13.8 Å². The zero-order valence-electron chi connectivity index (χ0n) is 13.7. The highest BCUT2D eigenvalue weighted by molar-refractivity contribution is 7.13. The normalized spacial score (nSPS) is 16.1. The van der Waals surface area contributed by atoms with Crippen LogP contribution in [0.5, 0.6) is 0 Å². The highest BCUT2D eigenvalue weighted by Gasteiger charge is 2.26. The lowest BCUT2D eigenvalue weighted by molar-refractivity contribution is 0.0940. The highest BCUT2D eigenvalue weighted by Crippen LogP contribution is 2.34. The summed E-state index contributed by atoms with van der Waals surface area (Å²) in [5.74, 6) is -0.696. The van der Waals surface area contributed by atoms with Crippen LogP contribution >= 0.6 is 11.3 Å². The lowest BCUT2D eigenvalue weighted by Crippen LogP contribution is -2.26. The fourth-order valence-corrected chi connectivity index (χ4v) is 3.72. The minimum Gasteiger partial charge on any atom is -0.344 e. The maximum Gasteiger partial charge on any atom is 0.315 e. The fraction of sp³-hybridized carbons (Fsp3) is 0.294. The van der Waals surface area contributed by atoms with E-state index in [-0.39, 0.29) is 17.8 Å². The van der Waals surface area contributed by atoms with Crippen LogP contribution in [0.4, 0.5) is 8.78 Å². The monoisotopic (exact) mass is 376 g/mol. The number of aryl methyl sites for hydroxylation is 2. The number of amides is 1. The molecule has 0 fully saturated rings. The Morgan fingerprint density at radius 3 is 2.96 bits per heavy atom. The molecule has 9 heteroatoms. The van der Waals surface area contributed by atoms with Crippen LogP contribution in [0.3, 0.4) is 0 Å². The number of halogens is 2. The third-order valence-electron chi connectivity index (χ3n) is 4.26. The summed E-state index contributed by atoms with van der Waals surface area (Å²) in [5, 5.41) is 7.47. The van der Waals surface area contributed by atoms with Gasteiger partial charge in [0.05, 0.1) is 17.2 Å². The summed E-state index contributed by atoms with van der Waals surface area (Å²) in [6.45, 7) is 1.85. The maximum atomic E-state index is 12.6. The van der Waals surface area contributed by atoms with Gasteiger partial charge >= 0.3 is 6.43 Å². The SMILES string of the molecule is Cc1ncc(C(=O)N[C@@H]2CCc3cc(-c4noc(C(F)F)n4)ccc32)s1. The van der Waals surface area contributed by atoms with E-state index < -0.39 is 12.3 Å². The summed E-state index contributed by atoms with van der Waals surface area (Å²) in [6, 6.07) is 5.40. The molecule has 0 spiro atoms. The van der Waals surface area contributed by atoms with Gasteiger partial charge in [0.15, 0.2) is 0 Å². The first-order chi connectivity index (χ1) is 12.5. The van der Waals surface area contributed by atoms with E-state index in [9.17, 15) is 13.6 Å². The first-order valence-corrected chi connectivity index (χ1v) is 8.81. The zero-order valence-corrected chi connectivity index (χ0v) is 14.5. The third kappa shape index (κ3) is 3.10. The van der Waals surface area contributed by atoms with Gasteiger partial charge in [0.1, 0.15) is 4.88 Å². The molecule has 6 nitrogen and oxygen atoms in total. The number of benzene rings is 1. The van der Waals surface area contributed by atoms with Crippen LogP contribution < -0.4 is 5.32 Å². The van der Waals surface area contributed by atoms with Crippen molar-refractivity contribution in [3.63, 3.8) is 0 Å². The molecule has 4 rings (SSSR count). The van der Waals surface area contributed by atoms with Gasteiger partial charge in [0.25, 0.3) is 11.8 Å². The number of alkyl halides is 2. The van der Waals surface area contributed by atoms with Crippen molar-refractivity contribution >= 4 is 17.2 Å². The molecule has 0 radical (unpaired) electrons. The van der Waals surface area contributed by atoms with E-state index in [1.54, 1.807) is 12.3 Å². The molecule has 0 saturated carbocycles. The summed E-state index contributed by atoms with van der Waals surface area (Å²) in [5.41, 5.74) is 2.67. The summed E-state index contributed by atoms with van der Waals surface area (Å²) in [7, 11) is 0. The van der Waals surface area contributed by atoms with Crippen LogP contribution in [0.2, 0.25) is 0 Å². The average molecular weight is 376 g/mol. The van der Waals surface area contributed by atoms with Gasteiger partial charge in [-0.3, -0.25) is 4.79 Å². The molecule has 134 valence electrons. The Morgan fingerprint density at radius 2 is 2.27 bits per heavy atom. The van der Waals surface area contributed by atoms with Crippen molar-refractivity contribution < 1.29 is 18.1 Å². The number of hydrogen-bond acceptors (Lipinski definition) is 6. The Kier molecular flexibility index (Phi) is 4.23. The second-order valence-electron chi connectivity index (χ2n) is 5.98. The van der Waals surface area contributed by atoms with Crippen molar-refractivity contribution in [2.45, 2.75) is 32.2 Å². The number of hydrogen-bond donors (Lipinski definition) is 1. The van der Waals surface area contributed by atoms with E-state index in [0.29, 0.717) is 10.4 Å². The molecular formula is C17H14F2N4O2S. The average Bonchev–Trinajstić information content (AvgIpc) is 3.34. The number of aromatic nitrogens is 3. The minimum absolute atomic E-state index is 0.0872. The quantitative estimate of drug-likeness (QED) is 0.748. The molecule has 1 N–H and O–H groups in total. The van der Waals surface area contributed by atoms with Crippen molar-refractivity contribution in [3.8, 4) is 11.4 Å². The summed E-state index contributed by atoms with van der Waals surface area (Å²) >= 11 is 1.35. The molecule has 1 aliphatic rings. The lowest BCUT2D eigenvalue weighted by atomic mass is 10.0. The van der Waals surface area contributed by atoms with Crippen molar-refractivity contribution in [2.75, 3.05) is 0 Å². The number of thiazole rings is 1. The number of carbonyl (C=O) groups excluding carboxylic acids is 1. The van der Waals surface area contributed by atoms with Gasteiger partial charge in [-0.1, -0.05) is 17.3 Å². The fourth-order valence-electron chi connectivity index (χ4n) is 3.04. The molecule has 1 amide bonds. The number of carbonyl (C=O) groups is 1. The molecule has 2 heterocycles. The first kappa shape index (κ1) is 16.8. The summed E-state index contributed by atoms with van der Waals surface area (Å²) in [6.07, 6.45) is 0.331. The van der Waals surface area contributed by atoms with Gasteiger partial charge in [-0.05, 0) is 37.0 Å². The molecule has 0 unspecified atom stereocenters. The number of nitrogens with zero attached hydrogens (tertiary/aromatic N) is 3. The van der Waals surface area contributed by atoms with Crippen LogP contribution in [0.25, 0.3) is 11.4 Å². The van der Waals surface area contributed by atoms with E-state index in [0.717, 1.165) is 29.0 Å². The lowest BCUT2D eigenvalue weighted by Gasteiger charge is -2.13. The van der Waals surface area contributed by atoms with Gasteiger partial charge < -0.3 is 9.84 Å².